The number of hydrogen-bond acceptors (Lipinski definition) is 3. The summed E-state index contributed by atoms with van der Waals surface area (Å²) in [6, 6.07) is 3.80. The zero-order valence-corrected chi connectivity index (χ0v) is 8.52. The van der Waals surface area contributed by atoms with Crippen molar-refractivity contribution in [2.24, 2.45) is 0 Å². The van der Waals surface area contributed by atoms with Crippen molar-refractivity contribution in [3.8, 4) is 0 Å². The van der Waals surface area contributed by atoms with Crippen LogP contribution in [0, 0.1) is 11.6 Å². The van der Waals surface area contributed by atoms with Crippen LogP contribution in [0.15, 0.2) is 23.6 Å². The Balaban J connectivity index is 2.31. The number of anilines is 1. The summed E-state index contributed by atoms with van der Waals surface area (Å²) < 4.78 is 26.5. The Hall–Kier alpha value is -1.49. The second-order valence-corrected chi connectivity index (χ2v) is 3.94. The summed E-state index contributed by atoms with van der Waals surface area (Å²) in [5.74, 6) is -1.11. The summed E-state index contributed by atoms with van der Waals surface area (Å²) in [4.78, 5) is 3.95. The maximum absolute atomic E-state index is 13.2. The molecule has 0 atom stereocenters. The number of halogens is 2. The molecule has 0 bridgehead atoms. The molecule has 0 aliphatic carbocycles. The van der Waals surface area contributed by atoms with Crippen molar-refractivity contribution in [3.63, 3.8) is 0 Å². The number of nitrogens with two attached hydrogens (primary N) is 1. The van der Waals surface area contributed by atoms with Crippen LogP contribution in [0.3, 0.4) is 0 Å². The highest BCUT2D eigenvalue weighted by Crippen LogP contribution is 2.19. The van der Waals surface area contributed by atoms with Gasteiger partial charge in [0.2, 0.25) is 0 Å². The molecule has 1 heterocycles. The molecule has 2 N–H and O–H groups in total. The van der Waals surface area contributed by atoms with Crippen molar-refractivity contribution < 1.29 is 8.78 Å². The van der Waals surface area contributed by atoms with E-state index < -0.39 is 11.6 Å². The Morgan fingerprint density at radius 2 is 1.93 bits per heavy atom. The van der Waals surface area contributed by atoms with E-state index in [1.807, 2.05) is 0 Å². The van der Waals surface area contributed by atoms with Gasteiger partial charge in [0.15, 0.2) is 5.13 Å². The molecular formula is C10H8F2N2S. The fourth-order valence-corrected chi connectivity index (χ4v) is 1.85. The summed E-state index contributed by atoms with van der Waals surface area (Å²) in [5, 5.41) is 2.10. The normalized spacial score (nSPS) is 10.5. The first-order valence-electron chi connectivity index (χ1n) is 4.29. The molecule has 1 aromatic heterocycles. The molecule has 0 fully saturated rings. The third-order valence-electron chi connectivity index (χ3n) is 1.99. The van der Waals surface area contributed by atoms with Crippen LogP contribution in [0.25, 0.3) is 0 Å². The SMILES string of the molecule is Nc1nc(Cc2c(F)cccc2F)cs1. The maximum Gasteiger partial charge on any atom is 0.180 e. The van der Waals surface area contributed by atoms with Crippen LogP contribution in [0.1, 0.15) is 11.3 Å². The Bertz CT molecular complexity index is 462. The first-order chi connectivity index (χ1) is 7.16. The summed E-state index contributed by atoms with van der Waals surface area (Å²) in [5.41, 5.74) is 6.04. The van der Waals surface area contributed by atoms with E-state index in [-0.39, 0.29) is 12.0 Å². The molecule has 0 spiro atoms. The van der Waals surface area contributed by atoms with Crippen LogP contribution < -0.4 is 5.73 Å². The van der Waals surface area contributed by atoms with Gasteiger partial charge in [-0.2, -0.15) is 0 Å². The minimum absolute atomic E-state index is 0.0304. The zero-order chi connectivity index (χ0) is 10.8. The Labute approximate surface area is 89.4 Å². The fraction of sp³-hybridized carbons (Fsp3) is 0.100. The van der Waals surface area contributed by atoms with E-state index in [1.165, 1.54) is 29.5 Å². The molecule has 15 heavy (non-hydrogen) atoms. The van der Waals surface area contributed by atoms with Crippen LogP contribution in [0.2, 0.25) is 0 Å². The van der Waals surface area contributed by atoms with Crippen molar-refractivity contribution in [2.75, 3.05) is 5.73 Å². The van der Waals surface area contributed by atoms with E-state index in [2.05, 4.69) is 4.98 Å². The molecule has 1 aromatic carbocycles. The molecule has 0 saturated heterocycles. The van der Waals surface area contributed by atoms with Gasteiger partial charge in [0, 0.05) is 17.4 Å². The number of nitrogens with zero attached hydrogens (tertiary/aromatic N) is 1. The highest BCUT2D eigenvalue weighted by Gasteiger charge is 2.10. The average molecular weight is 226 g/mol. The molecule has 0 aliphatic rings. The van der Waals surface area contributed by atoms with Crippen molar-refractivity contribution in [1.82, 2.24) is 4.98 Å². The third-order valence-corrected chi connectivity index (χ3v) is 2.71. The molecule has 0 radical (unpaired) electrons. The lowest BCUT2D eigenvalue weighted by Gasteiger charge is -2.01. The number of thiazole rings is 1. The Morgan fingerprint density at radius 1 is 1.27 bits per heavy atom. The molecule has 0 saturated carbocycles. The summed E-state index contributed by atoms with van der Waals surface area (Å²) in [7, 11) is 0. The van der Waals surface area contributed by atoms with Gasteiger partial charge >= 0.3 is 0 Å². The van der Waals surface area contributed by atoms with Gasteiger partial charge in [0.1, 0.15) is 11.6 Å². The monoisotopic (exact) mass is 226 g/mol. The molecular weight excluding hydrogens is 218 g/mol. The molecule has 2 nitrogen and oxygen atoms in total. The van der Waals surface area contributed by atoms with Crippen molar-refractivity contribution in [1.29, 1.82) is 0 Å². The smallest absolute Gasteiger partial charge is 0.180 e. The Morgan fingerprint density at radius 3 is 2.47 bits per heavy atom. The van der Waals surface area contributed by atoms with Gasteiger partial charge in [0.25, 0.3) is 0 Å². The second kappa shape index (κ2) is 3.94. The van der Waals surface area contributed by atoms with E-state index in [4.69, 9.17) is 5.73 Å². The van der Waals surface area contributed by atoms with Crippen molar-refractivity contribution in [2.45, 2.75) is 6.42 Å². The lowest BCUT2D eigenvalue weighted by Crippen LogP contribution is -1.97. The first kappa shape index (κ1) is 10.0. The van der Waals surface area contributed by atoms with Crippen LogP contribution in [-0.2, 0) is 6.42 Å². The van der Waals surface area contributed by atoms with Gasteiger partial charge in [-0.15, -0.1) is 11.3 Å². The lowest BCUT2D eigenvalue weighted by atomic mass is 10.1. The number of rotatable bonds is 2. The van der Waals surface area contributed by atoms with Crippen LogP contribution in [0.5, 0.6) is 0 Å². The van der Waals surface area contributed by atoms with E-state index in [9.17, 15) is 8.78 Å². The minimum atomic E-state index is -0.554. The molecule has 0 aliphatic heterocycles. The summed E-state index contributed by atoms with van der Waals surface area (Å²) in [6.07, 6.45) is 0.131. The van der Waals surface area contributed by atoms with E-state index in [0.29, 0.717) is 10.8 Å². The highest BCUT2D eigenvalue weighted by molar-refractivity contribution is 7.13. The predicted octanol–water partition coefficient (Wildman–Crippen LogP) is 2.59. The third kappa shape index (κ3) is 2.12. The number of hydrogen-bond donors (Lipinski definition) is 1. The van der Waals surface area contributed by atoms with Crippen LogP contribution in [0.4, 0.5) is 13.9 Å². The first-order valence-corrected chi connectivity index (χ1v) is 5.17. The number of benzene rings is 1. The number of nitrogen functional groups attached to an aromatic ring is 1. The minimum Gasteiger partial charge on any atom is -0.375 e. The highest BCUT2D eigenvalue weighted by atomic mass is 32.1. The van der Waals surface area contributed by atoms with Crippen LogP contribution >= 0.6 is 11.3 Å². The standard InChI is InChI=1S/C10H8F2N2S/c11-8-2-1-3-9(12)7(8)4-6-5-15-10(13)14-6/h1-3,5H,4H2,(H2,13,14). The van der Waals surface area contributed by atoms with Crippen molar-refractivity contribution in [3.05, 3.63) is 46.5 Å². The fourth-order valence-electron chi connectivity index (χ4n) is 1.29. The average Bonchev–Trinajstić information content (AvgIpc) is 2.58. The van der Waals surface area contributed by atoms with Gasteiger partial charge in [-0.25, -0.2) is 13.8 Å². The molecule has 0 unspecified atom stereocenters. The van der Waals surface area contributed by atoms with Gasteiger partial charge in [0.05, 0.1) is 5.69 Å². The molecule has 5 heteroatoms. The largest absolute Gasteiger partial charge is 0.375 e. The van der Waals surface area contributed by atoms with Gasteiger partial charge in [-0.3, -0.25) is 0 Å². The van der Waals surface area contributed by atoms with Crippen molar-refractivity contribution >= 4 is 16.5 Å². The quantitative estimate of drug-likeness (QED) is 0.854. The second-order valence-electron chi connectivity index (χ2n) is 3.05. The molecule has 78 valence electrons. The van der Waals surface area contributed by atoms with E-state index in [0.717, 1.165) is 0 Å². The topological polar surface area (TPSA) is 38.9 Å². The van der Waals surface area contributed by atoms with Crippen LogP contribution in [-0.4, -0.2) is 4.98 Å². The van der Waals surface area contributed by atoms with Gasteiger partial charge < -0.3 is 5.73 Å². The Kier molecular flexibility index (Phi) is 2.64. The summed E-state index contributed by atoms with van der Waals surface area (Å²) in [6.45, 7) is 0. The van der Waals surface area contributed by atoms with Gasteiger partial charge in [-0.05, 0) is 12.1 Å². The van der Waals surface area contributed by atoms with E-state index >= 15 is 0 Å². The summed E-state index contributed by atoms with van der Waals surface area (Å²) >= 11 is 1.26. The van der Waals surface area contributed by atoms with E-state index in [1.54, 1.807) is 5.38 Å². The lowest BCUT2D eigenvalue weighted by molar-refractivity contribution is 0.560. The molecule has 0 amide bonds. The maximum atomic E-state index is 13.2. The number of aromatic nitrogens is 1. The molecule has 2 rings (SSSR count). The van der Waals surface area contributed by atoms with Gasteiger partial charge in [-0.1, -0.05) is 6.07 Å². The molecule has 2 aromatic rings. The predicted molar refractivity (Wildman–Crippen MR) is 55.7 cm³/mol. The zero-order valence-electron chi connectivity index (χ0n) is 7.71.